The lowest BCUT2D eigenvalue weighted by atomic mass is 10.0. The van der Waals surface area contributed by atoms with Gasteiger partial charge in [0.05, 0.1) is 0 Å². The summed E-state index contributed by atoms with van der Waals surface area (Å²) in [5.74, 6) is -0.908. The molecule has 0 heterocycles. The van der Waals surface area contributed by atoms with Crippen molar-refractivity contribution in [3.8, 4) is 0 Å². The Morgan fingerprint density at radius 2 is 0.607 bits per heavy atom. The number of unbranched alkanes of at least 4 members (excludes halogenated alkanes) is 32. The van der Waals surface area contributed by atoms with Crippen molar-refractivity contribution >= 4 is 17.9 Å². The number of rotatable bonds is 48. The third-order valence-corrected chi connectivity index (χ3v) is 11.6. The van der Waals surface area contributed by atoms with Gasteiger partial charge in [-0.2, -0.15) is 0 Å². The maximum absolute atomic E-state index is 12.8. The Kier molecular flexibility index (Phi) is 48.3. The van der Waals surface area contributed by atoms with Crippen LogP contribution in [-0.2, 0) is 28.6 Å². The smallest absolute Gasteiger partial charge is 0.306 e. The van der Waals surface area contributed by atoms with Gasteiger partial charge in [-0.25, -0.2) is 0 Å². The summed E-state index contributed by atoms with van der Waals surface area (Å²) in [4.78, 5) is 37.9. The summed E-state index contributed by atoms with van der Waals surface area (Å²) in [5, 5.41) is 0. The molecule has 0 saturated heterocycles. The first-order valence-electron chi connectivity index (χ1n) is 26.5. The fourth-order valence-corrected chi connectivity index (χ4v) is 7.61. The van der Waals surface area contributed by atoms with E-state index in [1.807, 2.05) is 0 Å². The minimum absolute atomic E-state index is 0.0794. The van der Waals surface area contributed by atoms with Crippen LogP contribution >= 0.6 is 0 Å². The summed E-state index contributed by atoms with van der Waals surface area (Å²) in [6, 6.07) is 0. The van der Waals surface area contributed by atoms with E-state index in [9.17, 15) is 14.4 Å². The topological polar surface area (TPSA) is 78.9 Å². The molecule has 0 saturated carbocycles. The molecule has 0 aromatic heterocycles. The zero-order valence-electron chi connectivity index (χ0n) is 40.7. The number of carbonyl (C=O) groups excluding carboxylic acids is 3. The molecule has 0 radical (unpaired) electrons. The van der Waals surface area contributed by atoms with E-state index in [0.29, 0.717) is 19.3 Å². The highest BCUT2D eigenvalue weighted by Gasteiger charge is 2.19. The van der Waals surface area contributed by atoms with Crippen molar-refractivity contribution in [2.24, 2.45) is 0 Å². The number of carbonyl (C=O) groups is 3. The number of hydrogen-bond acceptors (Lipinski definition) is 6. The van der Waals surface area contributed by atoms with Crippen molar-refractivity contribution in [3.63, 3.8) is 0 Å². The molecule has 6 heteroatoms. The van der Waals surface area contributed by atoms with Gasteiger partial charge in [0.25, 0.3) is 0 Å². The second kappa shape index (κ2) is 50.3. The van der Waals surface area contributed by atoms with Crippen LogP contribution in [0.4, 0.5) is 0 Å². The summed E-state index contributed by atoms with van der Waals surface area (Å²) in [5.41, 5.74) is 0. The van der Waals surface area contributed by atoms with Gasteiger partial charge in [-0.1, -0.05) is 231 Å². The van der Waals surface area contributed by atoms with Gasteiger partial charge < -0.3 is 14.2 Å². The zero-order valence-corrected chi connectivity index (χ0v) is 40.7. The van der Waals surface area contributed by atoms with Crippen LogP contribution in [0.25, 0.3) is 0 Å². The third kappa shape index (κ3) is 48.5. The molecule has 356 valence electrons. The van der Waals surface area contributed by atoms with E-state index in [4.69, 9.17) is 14.2 Å². The van der Waals surface area contributed by atoms with Crippen molar-refractivity contribution in [2.45, 2.75) is 284 Å². The lowest BCUT2D eigenvalue weighted by Crippen LogP contribution is -2.30. The normalized spacial score (nSPS) is 12.2. The van der Waals surface area contributed by atoms with E-state index < -0.39 is 6.10 Å². The summed E-state index contributed by atoms with van der Waals surface area (Å²) >= 11 is 0. The van der Waals surface area contributed by atoms with E-state index in [2.05, 4.69) is 57.2 Å². The minimum atomic E-state index is -0.779. The Balaban J connectivity index is 4.28. The third-order valence-electron chi connectivity index (χ3n) is 11.6. The number of ether oxygens (including phenoxy) is 3. The number of allylic oxidation sites excluding steroid dienone is 6. The summed E-state index contributed by atoms with van der Waals surface area (Å²) in [7, 11) is 0. The molecule has 1 atom stereocenters. The zero-order chi connectivity index (χ0) is 44.4. The van der Waals surface area contributed by atoms with Crippen LogP contribution in [0.1, 0.15) is 278 Å². The van der Waals surface area contributed by atoms with E-state index in [0.717, 1.165) is 57.8 Å². The highest BCUT2D eigenvalue weighted by atomic mass is 16.6. The lowest BCUT2D eigenvalue weighted by Gasteiger charge is -2.18. The monoisotopic (exact) mass is 857 g/mol. The van der Waals surface area contributed by atoms with Crippen LogP contribution in [0.3, 0.4) is 0 Å². The molecule has 0 aliphatic rings. The van der Waals surface area contributed by atoms with Crippen LogP contribution in [0.2, 0.25) is 0 Å². The summed E-state index contributed by atoms with van der Waals surface area (Å²) in [6.07, 6.45) is 58.5. The SMILES string of the molecule is CCCCC/C=C\C=C/CCCCCCCCCCCCC(=O)OCC(COC(=O)CCC/C=C\CCCCCC)OC(=O)CCCCCCCCCCCCCCCCC. The van der Waals surface area contributed by atoms with Crippen LogP contribution in [-0.4, -0.2) is 37.2 Å². The van der Waals surface area contributed by atoms with Crippen molar-refractivity contribution in [1.29, 1.82) is 0 Å². The maximum atomic E-state index is 12.8. The van der Waals surface area contributed by atoms with Crippen molar-refractivity contribution in [3.05, 3.63) is 36.5 Å². The molecule has 0 fully saturated rings. The predicted molar refractivity (Wildman–Crippen MR) is 261 cm³/mol. The average Bonchev–Trinajstić information content (AvgIpc) is 3.26. The quantitative estimate of drug-likeness (QED) is 0.0199. The van der Waals surface area contributed by atoms with Gasteiger partial charge in [0, 0.05) is 19.3 Å². The summed E-state index contributed by atoms with van der Waals surface area (Å²) in [6.45, 7) is 6.57. The van der Waals surface area contributed by atoms with Gasteiger partial charge in [0.15, 0.2) is 6.10 Å². The van der Waals surface area contributed by atoms with Crippen molar-refractivity contribution in [2.75, 3.05) is 13.2 Å². The molecule has 0 N–H and O–H groups in total. The first-order valence-corrected chi connectivity index (χ1v) is 26.5. The van der Waals surface area contributed by atoms with Gasteiger partial charge in [0.1, 0.15) is 13.2 Å². The van der Waals surface area contributed by atoms with Gasteiger partial charge in [-0.15, -0.1) is 0 Å². The minimum Gasteiger partial charge on any atom is -0.462 e. The Bertz CT molecular complexity index is 1030. The van der Waals surface area contributed by atoms with E-state index in [1.54, 1.807) is 0 Å². The molecule has 0 aliphatic heterocycles. The van der Waals surface area contributed by atoms with E-state index in [-0.39, 0.29) is 31.1 Å². The number of esters is 3. The standard InChI is InChI=1S/C55H100O6/c1-4-7-10-13-16-19-21-23-25-26-27-28-30-31-33-36-39-42-45-48-54(57)60-51-52(50-59-53(56)47-44-41-38-35-18-15-12-9-6-3)61-55(58)49-46-43-40-37-34-32-29-24-22-20-17-14-11-8-5-2/h16,19,21,23,35,38,52H,4-15,17-18,20,22,24-34,36-37,39-51H2,1-3H3/b19-16-,23-21-,38-35-. The van der Waals surface area contributed by atoms with Gasteiger partial charge in [-0.3, -0.25) is 14.4 Å². The largest absolute Gasteiger partial charge is 0.462 e. The first-order chi connectivity index (χ1) is 30.0. The van der Waals surface area contributed by atoms with Gasteiger partial charge in [0.2, 0.25) is 0 Å². The molecular formula is C55H100O6. The van der Waals surface area contributed by atoms with Crippen LogP contribution in [0.15, 0.2) is 36.5 Å². The molecule has 0 amide bonds. The molecule has 0 aromatic carbocycles. The predicted octanol–water partition coefficient (Wildman–Crippen LogP) is 17.3. The Morgan fingerprint density at radius 1 is 0.328 bits per heavy atom. The Morgan fingerprint density at radius 3 is 1.03 bits per heavy atom. The summed E-state index contributed by atoms with van der Waals surface area (Å²) < 4.78 is 16.8. The van der Waals surface area contributed by atoms with Crippen LogP contribution < -0.4 is 0 Å². The van der Waals surface area contributed by atoms with Crippen LogP contribution in [0.5, 0.6) is 0 Å². The Labute approximate surface area is 378 Å². The van der Waals surface area contributed by atoms with Crippen molar-refractivity contribution in [1.82, 2.24) is 0 Å². The molecule has 0 aliphatic carbocycles. The fraction of sp³-hybridized carbons (Fsp3) is 0.836. The van der Waals surface area contributed by atoms with Crippen LogP contribution in [0, 0.1) is 0 Å². The maximum Gasteiger partial charge on any atom is 0.306 e. The average molecular weight is 857 g/mol. The van der Waals surface area contributed by atoms with Gasteiger partial charge in [-0.05, 0) is 64.2 Å². The molecule has 6 nitrogen and oxygen atoms in total. The lowest BCUT2D eigenvalue weighted by molar-refractivity contribution is -0.167. The molecule has 0 bridgehead atoms. The molecule has 61 heavy (non-hydrogen) atoms. The molecular weight excluding hydrogens is 757 g/mol. The second-order valence-corrected chi connectivity index (χ2v) is 17.8. The molecule has 0 rings (SSSR count). The first kappa shape index (κ1) is 58.6. The van der Waals surface area contributed by atoms with Crippen molar-refractivity contribution < 1.29 is 28.6 Å². The number of hydrogen-bond donors (Lipinski definition) is 0. The highest BCUT2D eigenvalue weighted by molar-refractivity contribution is 5.71. The highest BCUT2D eigenvalue weighted by Crippen LogP contribution is 2.16. The van der Waals surface area contributed by atoms with Gasteiger partial charge >= 0.3 is 17.9 Å². The molecule has 0 spiro atoms. The second-order valence-electron chi connectivity index (χ2n) is 17.8. The van der Waals surface area contributed by atoms with E-state index >= 15 is 0 Å². The Hall–Kier alpha value is -2.37. The van der Waals surface area contributed by atoms with E-state index in [1.165, 1.54) is 180 Å². The molecule has 1 unspecified atom stereocenters. The molecule has 0 aromatic rings. The fourth-order valence-electron chi connectivity index (χ4n) is 7.61.